The van der Waals surface area contributed by atoms with Crippen LogP contribution in [0.3, 0.4) is 0 Å². The van der Waals surface area contributed by atoms with Gasteiger partial charge in [0.15, 0.2) is 11.8 Å². The Balaban J connectivity index is 0.00000288. The Morgan fingerprint density at radius 3 is 2.92 bits per heavy atom. The van der Waals surface area contributed by atoms with Crippen LogP contribution in [-0.2, 0) is 6.42 Å². The summed E-state index contributed by atoms with van der Waals surface area (Å²) >= 11 is 2.07. The molecule has 1 fully saturated rings. The van der Waals surface area contributed by atoms with E-state index in [0.717, 1.165) is 55.4 Å². The molecule has 0 radical (unpaired) electrons. The first-order chi connectivity index (χ1) is 11.1. The van der Waals surface area contributed by atoms with E-state index in [-0.39, 0.29) is 24.0 Å². The minimum Gasteiger partial charge on any atom is -0.356 e. The Morgan fingerprint density at radius 1 is 1.50 bits per heavy atom. The first kappa shape index (κ1) is 21.5. The van der Waals surface area contributed by atoms with Crippen molar-refractivity contribution in [3.05, 3.63) is 11.7 Å². The first-order valence-corrected chi connectivity index (χ1v) is 9.58. The van der Waals surface area contributed by atoms with Crippen molar-refractivity contribution >= 4 is 41.7 Å². The van der Waals surface area contributed by atoms with E-state index in [1.165, 1.54) is 12.2 Å². The van der Waals surface area contributed by atoms with Gasteiger partial charge in [-0.05, 0) is 12.8 Å². The Labute approximate surface area is 166 Å². The van der Waals surface area contributed by atoms with Gasteiger partial charge in [-0.15, -0.1) is 24.0 Å². The van der Waals surface area contributed by atoms with Gasteiger partial charge >= 0.3 is 0 Å². The standard InChI is InChI=1S/C16H29N5OS.HI/c1-5-13-11-21(9-10-23-13)16(17-4)18-8-6-7-14-19-15(12(2)3)20-22-14;/h12-13H,5-11H2,1-4H3,(H,17,18);1H. The second-order valence-electron chi connectivity index (χ2n) is 6.13. The number of nitrogens with zero attached hydrogens (tertiary/aromatic N) is 4. The molecule has 1 aromatic heterocycles. The highest BCUT2D eigenvalue weighted by Crippen LogP contribution is 2.21. The summed E-state index contributed by atoms with van der Waals surface area (Å²) in [5.41, 5.74) is 0. The third-order valence-corrected chi connectivity index (χ3v) is 5.33. The molecule has 2 heterocycles. The maximum absolute atomic E-state index is 5.27. The van der Waals surface area contributed by atoms with Crippen molar-refractivity contribution in [2.75, 3.05) is 32.4 Å². The van der Waals surface area contributed by atoms with Gasteiger partial charge in [-0.2, -0.15) is 16.7 Å². The minimum absolute atomic E-state index is 0. The molecular formula is C16H30IN5OS. The monoisotopic (exact) mass is 467 g/mol. The summed E-state index contributed by atoms with van der Waals surface area (Å²) in [6.45, 7) is 9.42. The molecule has 1 aliphatic heterocycles. The predicted molar refractivity (Wildman–Crippen MR) is 112 cm³/mol. The van der Waals surface area contributed by atoms with Crippen LogP contribution in [-0.4, -0.2) is 58.7 Å². The number of rotatable bonds is 6. The lowest BCUT2D eigenvalue weighted by Gasteiger charge is -2.34. The van der Waals surface area contributed by atoms with Crippen LogP contribution in [0.4, 0.5) is 0 Å². The average Bonchev–Trinajstić information content (AvgIpc) is 3.04. The Morgan fingerprint density at radius 2 is 2.29 bits per heavy atom. The minimum atomic E-state index is 0. The summed E-state index contributed by atoms with van der Waals surface area (Å²) in [4.78, 5) is 11.2. The Hall–Kier alpha value is -0.510. The average molecular weight is 467 g/mol. The van der Waals surface area contributed by atoms with Crippen molar-refractivity contribution in [3.8, 4) is 0 Å². The van der Waals surface area contributed by atoms with Crippen LogP contribution in [0.2, 0.25) is 0 Å². The fraction of sp³-hybridized carbons (Fsp3) is 0.812. The van der Waals surface area contributed by atoms with Crippen LogP contribution in [0.1, 0.15) is 51.2 Å². The maximum Gasteiger partial charge on any atom is 0.226 e. The lowest BCUT2D eigenvalue weighted by molar-refractivity contribution is 0.367. The second kappa shape index (κ2) is 11.2. The van der Waals surface area contributed by atoms with Crippen molar-refractivity contribution < 1.29 is 4.52 Å². The largest absolute Gasteiger partial charge is 0.356 e. The molecule has 0 saturated carbocycles. The van der Waals surface area contributed by atoms with Crippen LogP contribution < -0.4 is 5.32 Å². The molecule has 138 valence electrons. The zero-order valence-electron chi connectivity index (χ0n) is 15.1. The van der Waals surface area contributed by atoms with Crippen LogP contribution >= 0.6 is 35.7 Å². The molecule has 8 heteroatoms. The second-order valence-corrected chi connectivity index (χ2v) is 7.53. The van der Waals surface area contributed by atoms with E-state index in [2.05, 4.69) is 57.9 Å². The van der Waals surface area contributed by atoms with Gasteiger partial charge < -0.3 is 14.7 Å². The van der Waals surface area contributed by atoms with E-state index in [1.54, 1.807) is 0 Å². The van der Waals surface area contributed by atoms with Gasteiger partial charge in [-0.3, -0.25) is 4.99 Å². The fourth-order valence-electron chi connectivity index (χ4n) is 2.53. The SMILES string of the molecule is CCC1CN(C(=NC)NCCCc2nc(C(C)C)no2)CCS1.I. The Kier molecular flexibility index (Phi) is 10.0. The molecule has 1 aliphatic rings. The lowest BCUT2D eigenvalue weighted by atomic mass is 10.2. The zero-order valence-corrected chi connectivity index (χ0v) is 18.3. The maximum atomic E-state index is 5.27. The van der Waals surface area contributed by atoms with Crippen molar-refractivity contribution in [3.63, 3.8) is 0 Å². The highest BCUT2D eigenvalue weighted by atomic mass is 127. The molecule has 1 N–H and O–H groups in total. The van der Waals surface area contributed by atoms with Gasteiger partial charge in [0.2, 0.25) is 5.89 Å². The third-order valence-electron chi connectivity index (χ3n) is 3.96. The smallest absolute Gasteiger partial charge is 0.226 e. The fourth-order valence-corrected chi connectivity index (χ4v) is 3.72. The van der Waals surface area contributed by atoms with Crippen LogP contribution in [0.25, 0.3) is 0 Å². The number of thioether (sulfide) groups is 1. The molecule has 24 heavy (non-hydrogen) atoms. The third kappa shape index (κ3) is 6.42. The molecule has 0 amide bonds. The summed E-state index contributed by atoms with van der Waals surface area (Å²) in [6, 6.07) is 0. The van der Waals surface area contributed by atoms with Gasteiger partial charge in [0.05, 0.1) is 0 Å². The molecule has 0 aromatic carbocycles. The van der Waals surface area contributed by atoms with Gasteiger partial charge in [0, 0.05) is 50.0 Å². The number of hydrogen-bond acceptors (Lipinski definition) is 5. The summed E-state index contributed by atoms with van der Waals surface area (Å²) in [5.74, 6) is 4.02. The number of nitrogens with one attached hydrogen (secondary N) is 1. The highest BCUT2D eigenvalue weighted by Gasteiger charge is 2.21. The molecule has 1 atom stereocenters. The lowest BCUT2D eigenvalue weighted by Crippen LogP contribution is -2.48. The quantitative estimate of drug-likeness (QED) is 0.300. The molecule has 1 aromatic rings. The summed E-state index contributed by atoms with van der Waals surface area (Å²) < 4.78 is 5.27. The number of aryl methyl sites for hydroxylation is 1. The predicted octanol–water partition coefficient (Wildman–Crippen LogP) is 3.15. The summed E-state index contributed by atoms with van der Waals surface area (Å²) in [7, 11) is 1.86. The molecule has 0 spiro atoms. The van der Waals surface area contributed by atoms with E-state index in [0.29, 0.717) is 5.92 Å². The van der Waals surface area contributed by atoms with Crippen molar-refractivity contribution in [1.82, 2.24) is 20.4 Å². The van der Waals surface area contributed by atoms with E-state index in [9.17, 15) is 0 Å². The van der Waals surface area contributed by atoms with Crippen LogP contribution in [0.15, 0.2) is 9.52 Å². The number of halogens is 1. The Bertz CT molecular complexity index is 508. The molecule has 1 saturated heterocycles. The van der Waals surface area contributed by atoms with Gasteiger partial charge in [-0.25, -0.2) is 0 Å². The van der Waals surface area contributed by atoms with Crippen molar-refractivity contribution in [1.29, 1.82) is 0 Å². The number of hydrogen-bond donors (Lipinski definition) is 1. The molecule has 2 rings (SSSR count). The van der Waals surface area contributed by atoms with Gasteiger partial charge in [0.25, 0.3) is 0 Å². The number of guanidine groups is 1. The topological polar surface area (TPSA) is 66.5 Å². The zero-order chi connectivity index (χ0) is 16.7. The van der Waals surface area contributed by atoms with Gasteiger partial charge in [0.1, 0.15) is 0 Å². The van der Waals surface area contributed by atoms with Crippen LogP contribution in [0.5, 0.6) is 0 Å². The number of aromatic nitrogens is 2. The molecular weight excluding hydrogens is 437 g/mol. The molecule has 0 bridgehead atoms. The summed E-state index contributed by atoms with van der Waals surface area (Å²) in [5, 5.41) is 8.17. The van der Waals surface area contributed by atoms with Gasteiger partial charge in [-0.1, -0.05) is 25.9 Å². The van der Waals surface area contributed by atoms with Crippen molar-refractivity contribution in [2.45, 2.75) is 51.2 Å². The van der Waals surface area contributed by atoms with E-state index >= 15 is 0 Å². The highest BCUT2D eigenvalue weighted by molar-refractivity contribution is 14.0. The molecule has 1 unspecified atom stereocenters. The van der Waals surface area contributed by atoms with E-state index < -0.39 is 0 Å². The van der Waals surface area contributed by atoms with E-state index in [4.69, 9.17) is 4.52 Å². The molecule has 0 aliphatic carbocycles. The normalized spacial score (nSPS) is 18.6. The summed E-state index contributed by atoms with van der Waals surface area (Å²) in [6.07, 6.45) is 2.98. The first-order valence-electron chi connectivity index (χ1n) is 8.53. The van der Waals surface area contributed by atoms with Crippen molar-refractivity contribution in [2.24, 2.45) is 4.99 Å². The molecule has 6 nitrogen and oxygen atoms in total. The van der Waals surface area contributed by atoms with Crippen LogP contribution in [0, 0.1) is 0 Å². The van der Waals surface area contributed by atoms with E-state index in [1.807, 2.05) is 7.05 Å². The number of aliphatic imine (C=N–C) groups is 1.